The first kappa shape index (κ1) is 12.0. The molecule has 1 atom stereocenters. The molecule has 15 heavy (non-hydrogen) atoms. The molecule has 1 saturated heterocycles. The molecule has 4 nitrogen and oxygen atoms in total. The van der Waals surface area contributed by atoms with Gasteiger partial charge in [-0.05, 0) is 20.8 Å². The van der Waals surface area contributed by atoms with Crippen LogP contribution < -0.4 is 5.73 Å². The Bertz CT molecular complexity index is 263. The van der Waals surface area contributed by atoms with Crippen molar-refractivity contribution in [2.24, 2.45) is 5.73 Å². The summed E-state index contributed by atoms with van der Waals surface area (Å²) in [5.74, 6) is -0.261. The molecule has 1 amide bonds. The highest BCUT2D eigenvalue weighted by atomic mass is 16.1. The van der Waals surface area contributed by atoms with Crippen molar-refractivity contribution in [2.45, 2.75) is 32.9 Å². The Morgan fingerprint density at radius 2 is 2.07 bits per heavy atom. The Kier molecular flexibility index (Phi) is 3.74. The van der Waals surface area contributed by atoms with Crippen LogP contribution in [0.2, 0.25) is 0 Å². The van der Waals surface area contributed by atoms with Gasteiger partial charge in [-0.15, -0.1) is 0 Å². The molecule has 0 aromatic rings. The smallest absolute Gasteiger partial charge is 0.241 e. The molecule has 0 bridgehead atoms. The average molecular weight is 211 g/mol. The summed E-state index contributed by atoms with van der Waals surface area (Å²) in [6.07, 6.45) is 0. The summed E-state index contributed by atoms with van der Waals surface area (Å²) in [5.41, 5.74) is 6.33. The highest BCUT2D eigenvalue weighted by Crippen LogP contribution is 2.16. The molecule has 1 aliphatic heterocycles. The Labute approximate surface area is 91.7 Å². The molecule has 1 rings (SSSR count). The van der Waals surface area contributed by atoms with Crippen molar-refractivity contribution in [3.63, 3.8) is 0 Å². The number of carbonyl (C=O) groups is 1. The molecular weight excluding hydrogens is 190 g/mol. The van der Waals surface area contributed by atoms with E-state index in [1.165, 1.54) is 0 Å². The Hall–Kier alpha value is -1.03. The number of rotatable bonds is 3. The van der Waals surface area contributed by atoms with Crippen molar-refractivity contribution < 1.29 is 4.79 Å². The van der Waals surface area contributed by atoms with Crippen molar-refractivity contribution in [3.05, 3.63) is 12.3 Å². The quantitative estimate of drug-likeness (QED) is 0.735. The van der Waals surface area contributed by atoms with Gasteiger partial charge in [0.1, 0.15) is 6.04 Å². The van der Waals surface area contributed by atoms with Crippen LogP contribution in [0.5, 0.6) is 0 Å². The number of nitrogens with two attached hydrogens (primary N) is 1. The van der Waals surface area contributed by atoms with Gasteiger partial charge in [-0.1, -0.05) is 6.58 Å². The van der Waals surface area contributed by atoms with Gasteiger partial charge in [-0.25, -0.2) is 0 Å². The molecule has 0 spiro atoms. The van der Waals surface area contributed by atoms with Crippen molar-refractivity contribution in [1.29, 1.82) is 0 Å². The summed E-state index contributed by atoms with van der Waals surface area (Å²) in [5, 5.41) is 0. The topological polar surface area (TPSA) is 49.6 Å². The molecular formula is C11H21N3O. The van der Waals surface area contributed by atoms with E-state index in [-0.39, 0.29) is 11.9 Å². The number of carbonyl (C=O) groups excluding carboxylic acids is 1. The van der Waals surface area contributed by atoms with Gasteiger partial charge in [-0.3, -0.25) is 9.69 Å². The van der Waals surface area contributed by atoms with E-state index in [0.29, 0.717) is 12.6 Å². The lowest BCUT2D eigenvalue weighted by Gasteiger charge is -2.42. The minimum atomic E-state index is -0.261. The first-order valence-electron chi connectivity index (χ1n) is 5.39. The van der Waals surface area contributed by atoms with Crippen molar-refractivity contribution >= 4 is 5.91 Å². The van der Waals surface area contributed by atoms with E-state index in [1.54, 1.807) is 0 Å². The minimum absolute atomic E-state index is 0.223. The van der Waals surface area contributed by atoms with Gasteiger partial charge in [0.05, 0.1) is 0 Å². The normalized spacial score (nSPS) is 23.2. The minimum Gasteiger partial charge on any atom is -0.368 e. The summed E-state index contributed by atoms with van der Waals surface area (Å²) in [6, 6.07) is 0.234. The molecule has 1 heterocycles. The highest BCUT2D eigenvalue weighted by molar-refractivity contribution is 5.80. The zero-order valence-electron chi connectivity index (χ0n) is 9.86. The van der Waals surface area contributed by atoms with Crippen LogP contribution in [-0.4, -0.2) is 47.4 Å². The van der Waals surface area contributed by atoms with Crippen molar-refractivity contribution in [3.8, 4) is 0 Å². The van der Waals surface area contributed by atoms with Crippen LogP contribution in [0, 0.1) is 0 Å². The standard InChI is InChI=1S/C11H21N3O/c1-8(2)13-5-6-14(9(3)4)10(7-13)11(12)15/h8,10H,3,5-7H2,1-2,4H3,(H2,12,15). The molecule has 4 heteroatoms. The molecule has 1 fully saturated rings. The van der Waals surface area contributed by atoms with E-state index in [4.69, 9.17) is 5.73 Å². The van der Waals surface area contributed by atoms with Gasteiger partial charge < -0.3 is 10.6 Å². The van der Waals surface area contributed by atoms with Crippen LogP contribution in [0.15, 0.2) is 12.3 Å². The summed E-state index contributed by atoms with van der Waals surface area (Å²) in [4.78, 5) is 15.6. The maximum Gasteiger partial charge on any atom is 0.241 e. The van der Waals surface area contributed by atoms with E-state index in [2.05, 4.69) is 25.3 Å². The van der Waals surface area contributed by atoms with Crippen molar-refractivity contribution in [2.75, 3.05) is 19.6 Å². The molecule has 86 valence electrons. The molecule has 2 N–H and O–H groups in total. The second kappa shape index (κ2) is 4.66. The van der Waals surface area contributed by atoms with Crippen molar-refractivity contribution in [1.82, 2.24) is 9.80 Å². The fourth-order valence-corrected chi connectivity index (χ4v) is 1.97. The van der Waals surface area contributed by atoms with Crippen LogP contribution in [0.25, 0.3) is 0 Å². The first-order chi connectivity index (χ1) is 6.93. The number of primary amides is 1. The van der Waals surface area contributed by atoms with Gasteiger partial charge in [0.2, 0.25) is 5.91 Å². The van der Waals surface area contributed by atoms with Gasteiger partial charge in [0.25, 0.3) is 0 Å². The maximum absolute atomic E-state index is 11.4. The van der Waals surface area contributed by atoms with Crippen LogP contribution in [0.3, 0.4) is 0 Å². The monoisotopic (exact) mass is 211 g/mol. The van der Waals surface area contributed by atoms with E-state index < -0.39 is 0 Å². The SMILES string of the molecule is C=C(C)N1CCN(C(C)C)CC1C(N)=O. The third kappa shape index (κ3) is 2.72. The largest absolute Gasteiger partial charge is 0.368 e. The van der Waals surface area contributed by atoms with Gasteiger partial charge in [-0.2, -0.15) is 0 Å². The predicted molar refractivity (Wildman–Crippen MR) is 61.2 cm³/mol. The highest BCUT2D eigenvalue weighted by Gasteiger charge is 2.31. The molecule has 0 aromatic heterocycles. The van der Waals surface area contributed by atoms with E-state index >= 15 is 0 Å². The number of allylic oxidation sites excluding steroid dienone is 1. The maximum atomic E-state index is 11.4. The predicted octanol–water partition coefficient (Wildman–Crippen LogP) is 0.400. The summed E-state index contributed by atoms with van der Waals surface area (Å²) in [7, 11) is 0. The summed E-state index contributed by atoms with van der Waals surface area (Å²) < 4.78 is 0. The number of hydrogen-bond acceptors (Lipinski definition) is 3. The number of piperazine rings is 1. The lowest BCUT2D eigenvalue weighted by Crippen LogP contribution is -2.58. The Morgan fingerprint density at radius 1 is 1.47 bits per heavy atom. The zero-order chi connectivity index (χ0) is 11.6. The molecule has 0 aromatic carbocycles. The van der Waals surface area contributed by atoms with E-state index in [0.717, 1.165) is 18.8 Å². The fourth-order valence-electron chi connectivity index (χ4n) is 1.97. The third-order valence-corrected chi connectivity index (χ3v) is 2.96. The molecule has 0 radical (unpaired) electrons. The van der Waals surface area contributed by atoms with Gasteiger partial charge in [0.15, 0.2) is 0 Å². The number of hydrogen-bond donors (Lipinski definition) is 1. The lowest BCUT2D eigenvalue weighted by molar-refractivity contribution is -0.124. The second-order valence-electron chi connectivity index (χ2n) is 4.44. The number of nitrogens with zero attached hydrogens (tertiary/aromatic N) is 2. The Morgan fingerprint density at radius 3 is 2.47 bits per heavy atom. The lowest BCUT2D eigenvalue weighted by atomic mass is 10.1. The average Bonchev–Trinajstić information content (AvgIpc) is 2.16. The molecule has 0 saturated carbocycles. The third-order valence-electron chi connectivity index (χ3n) is 2.96. The second-order valence-corrected chi connectivity index (χ2v) is 4.44. The molecule has 1 unspecified atom stereocenters. The zero-order valence-corrected chi connectivity index (χ0v) is 9.86. The fraction of sp³-hybridized carbons (Fsp3) is 0.727. The first-order valence-corrected chi connectivity index (χ1v) is 5.39. The van der Waals surface area contributed by atoms with Crippen LogP contribution in [0.4, 0.5) is 0 Å². The number of amides is 1. The summed E-state index contributed by atoms with van der Waals surface area (Å²) >= 11 is 0. The Balaban J connectivity index is 2.74. The molecule has 1 aliphatic rings. The van der Waals surface area contributed by atoms with Crippen LogP contribution in [0.1, 0.15) is 20.8 Å². The van der Waals surface area contributed by atoms with Gasteiger partial charge >= 0.3 is 0 Å². The van der Waals surface area contributed by atoms with E-state index in [1.807, 2.05) is 11.8 Å². The van der Waals surface area contributed by atoms with Gasteiger partial charge in [0, 0.05) is 31.4 Å². The van der Waals surface area contributed by atoms with E-state index in [9.17, 15) is 4.79 Å². The summed E-state index contributed by atoms with van der Waals surface area (Å²) in [6.45, 7) is 12.6. The van der Waals surface area contributed by atoms with Crippen LogP contribution in [-0.2, 0) is 4.79 Å². The van der Waals surface area contributed by atoms with Crippen LogP contribution >= 0.6 is 0 Å². The molecule has 0 aliphatic carbocycles.